The predicted molar refractivity (Wildman–Crippen MR) is 78.1 cm³/mol. The van der Waals surface area contributed by atoms with Gasteiger partial charge in [-0.1, -0.05) is 11.8 Å². The lowest BCUT2D eigenvalue weighted by atomic mass is 10.1. The molecule has 0 aliphatic carbocycles. The fourth-order valence-electron chi connectivity index (χ4n) is 1.81. The monoisotopic (exact) mass is 272 g/mol. The van der Waals surface area contributed by atoms with Crippen LogP contribution < -0.4 is 4.74 Å². The number of benzene rings is 1. The normalized spacial score (nSPS) is 9.75. The molecule has 0 saturated heterocycles. The van der Waals surface area contributed by atoms with Crippen molar-refractivity contribution < 1.29 is 9.84 Å². The van der Waals surface area contributed by atoms with Crippen molar-refractivity contribution >= 4 is 0 Å². The average molecular weight is 272 g/mol. The van der Waals surface area contributed by atoms with Gasteiger partial charge in [0.2, 0.25) is 0 Å². The Morgan fingerprint density at radius 3 is 2.80 bits per heavy atom. The van der Waals surface area contributed by atoms with E-state index >= 15 is 0 Å². The number of methoxy groups -OCH3 is 1. The van der Waals surface area contributed by atoms with Gasteiger partial charge in [0.05, 0.1) is 19.8 Å². The number of aliphatic hydroxyl groups excluding tert-OH is 1. The Morgan fingerprint density at radius 1 is 1.35 bits per heavy atom. The first-order valence-electron chi connectivity index (χ1n) is 6.53. The molecule has 4 heteroatoms. The molecule has 1 N–H and O–H groups in total. The van der Waals surface area contributed by atoms with E-state index < -0.39 is 0 Å². The fraction of sp³-hybridized carbons (Fsp3) is 0.438. The lowest BCUT2D eigenvalue weighted by Gasteiger charge is -2.17. The second kappa shape index (κ2) is 8.98. The van der Waals surface area contributed by atoms with E-state index in [1.807, 2.05) is 25.2 Å². The quantitative estimate of drug-likeness (QED) is 0.802. The number of aliphatic hydroxyl groups is 1. The molecule has 0 aromatic heterocycles. The molecule has 1 rings (SSSR count). The van der Waals surface area contributed by atoms with Crippen molar-refractivity contribution in [2.45, 2.75) is 19.4 Å². The van der Waals surface area contributed by atoms with Gasteiger partial charge in [-0.05, 0) is 25.2 Å². The van der Waals surface area contributed by atoms with Crippen LogP contribution >= 0.6 is 0 Å². The number of nitriles is 1. The molecule has 0 fully saturated rings. The SMILES string of the molecule is COc1ccc(C#CCCO)cc1CN(C)CCC#N. The van der Waals surface area contributed by atoms with E-state index in [4.69, 9.17) is 15.1 Å². The summed E-state index contributed by atoms with van der Waals surface area (Å²) in [5.74, 6) is 6.74. The summed E-state index contributed by atoms with van der Waals surface area (Å²) in [6.45, 7) is 1.51. The van der Waals surface area contributed by atoms with Gasteiger partial charge in [-0.25, -0.2) is 0 Å². The number of rotatable bonds is 6. The maximum Gasteiger partial charge on any atom is 0.123 e. The van der Waals surface area contributed by atoms with Gasteiger partial charge in [-0.2, -0.15) is 5.26 Å². The summed E-state index contributed by atoms with van der Waals surface area (Å²) < 4.78 is 5.35. The summed E-state index contributed by atoms with van der Waals surface area (Å²) in [4.78, 5) is 2.08. The molecule has 1 aromatic carbocycles. The molecular weight excluding hydrogens is 252 g/mol. The largest absolute Gasteiger partial charge is 0.496 e. The van der Waals surface area contributed by atoms with Crippen LogP contribution in [0.2, 0.25) is 0 Å². The first kappa shape index (κ1) is 16.0. The van der Waals surface area contributed by atoms with E-state index in [2.05, 4.69) is 22.8 Å². The summed E-state index contributed by atoms with van der Waals surface area (Å²) in [5.41, 5.74) is 1.95. The lowest BCUT2D eigenvalue weighted by molar-refractivity contribution is 0.305. The molecule has 0 amide bonds. The molecule has 0 aliphatic rings. The summed E-state index contributed by atoms with van der Waals surface area (Å²) in [6, 6.07) is 7.94. The molecule has 0 atom stereocenters. The molecule has 1 aromatic rings. The van der Waals surface area contributed by atoms with Gasteiger partial charge in [0.25, 0.3) is 0 Å². The third kappa shape index (κ3) is 5.32. The molecule has 0 heterocycles. The average Bonchev–Trinajstić information content (AvgIpc) is 2.46. The second-order valence-electron chi connectivity index (χ2n) is 4.45. The van der Waals surface area contributed by atoms with Crippen LogP contribution in [0.4, 0.5) is 0 Å². The molecule has 0 radical (unpaired) electrons. The minimum absolute atomic E-state index is 0.0763. The van der Waals surface area contributed by atoms with Gasteiger partial charge < -0.3 is 14.7 Å². The van der Waals surface area contributed by atoms with Crippen LogP contribution in [0.1, 0.15) is 24.0 Å². The van der Waals surface area contributed by atoms with Crippen LogP contribution in [-0.2, 0) is 6.54 Å². The highest BCUT2D eigenvalue weighted by Crippen LogP contribution is 2.21. The zero-order valence-corrected chi connectivity index (χ0v) is 12.0. The fourth-order valence-corrected chi connectivity index (χ4v) is 1.81. The Bertz CT molecular complexity index is 524. The number of hydrogen-bond donors (Lipinski definition) is 1. The van der Waals surface area contributed by atoms with Crippen LogP contribution in [0.25, 0.3) is 0 Å². The molecule has 4 nitrogen and oxygen atoms in total. The maximum absolute atomic E-state index is 8.73. The zero-order valence-electron chi connectivity index (χ0n) is 12.0. The first-order chi connectivity index (χ1) is 9.71. The summed E-state index contributed by atoms with van der Waals surface area (Å²) in [7, 11) is 3.62. The topological polar surface area (TPSA) is 56.5 Å². The Labute approximate surface area is 120 Å². The van der Waals surface area contributed by atoms with E-state index in [-0.39, 0.29) is 6.61 Å². The van der Waals surface area contributed by atoms with Gasteiger partial charge in [-0.3, -0.25) is 0 Å². The Hall–Kier alpha value is -2.01. The van der Waals surface area contributed by atoms with E-state index in [9.17, 15) is 0 Å². The molecular formula is C16H20N2O2. The molecule has 0 aliphatic heterocycles. The van der Waals surface area contributed by atoms with Gasteiger partial charge in [0.1, 0.15) is 5.75 Å². The van der Waals surface area contributed by atoms with Crippen LogP contribution in [0.3, 0.4) is 0 Å². The van der Waals surface area contributed by atoms with Crippen molar-refractivity contribution in [2.75, 3.05) is 27.3 Å². The standard InChI is InChI=1S/C16H20N2O2/c1-18(10-5-9-17)13-15-12-14(6-3-4-11-19)7-8-16(15)20-2/h7-8,12,19H,4-5,10-11,13H2,1-2H3. The lowest BCUT2D eigenvalue weighted by Crippen LogP contribution is -2.19. The summed E-state index contributed by atoms with van der Waals surface area (Å²) >= 11 is 0. The van der Waals surface area contributed by atoms with Gasteiger partial charge >= 0.3 is 0 Å². The summed E-state index contributed by atoms with van der Waals surface area (Å²) in [6.07, 6.45) is 0.984. The maximum atomic E-state index is 8.73. The van der Waals surface area contributed by atoms with Crippen molar-refractivity contribution in [1.82, 2.24) is 4.90 Å². The molecule has 0 spiro atoms. The van der Waals surface area contributed by atoms with Crippen molar-refractivity contribution in [1.29, 1.82) is 5.26 Å². The van der Waals surface area contributed by atoms with Crippen LogP contribution in [-0.4, -0.2) is 37.3 Å². The smallest absolute Gasteiger partial charge is 0.123 e. The molecule has 106 valence electrons. The van der Waals surface area contributed by atoms with Crippen molar-refractivity contribution in [3.63, 3.8) is 0 Å². The van der Waals surface area contributed by atoms with E-state index in [1.165, 1.54) is 0 Å². The van der Waals surface area contributed by atoms with Crippen molar-refractivity contribution in [3.8, 4) is 23.7 Å². The van der Waals surface area contributed by atoms with Crippen LogP contribution in [0.5, 0.6) is 5.75 Å². The number of ether oxygens (including phenoxy) is 1. The van der Waals surface area contributed by atoms with Gasteiger partial charge in [0.15, 0.2) is 0 Å². The predicted octanol–water partition coefficient (Wildman–Crippen LogP) is 1.77. The first-order valence-corrected chi connectivity index (χ1v) is 6.53. The van der Waals surface area contributed by atoms with Gasteiger partial charge in [-0.15, -0.1) is 0 Å². The van der Waals surface area contributed by atoms with Crippen LogP contribution in [0.15, 0.2) is 18.2 Å². The minimum Gasteiger partial charge on any atom is -0.496 e. The third-order valence-corrected chi connectivity index (χ3v) is 2.80. The molecule has 20 heavy (non-hydrogen) atoms. The highest BCUT2D eigenvalue weighted by Gasteiger charge is 2.07. The Balaban J connectivity index is 2.84. The molecule has 0 bridgehead atoms. The number of hydrogen-bond acceptors (Lipinski definition) is 4. The third-order valence-electron chi connectivity index (χ3n) is 2.80. The van der Waals surface area contributed by atoms with Crippen LogP contribution in [0, 0.1) is 23.2 Å². The highest BCUT2D eigenvalue weighted by atomic mass is 16.5. The van der Waals surface area contributed by atoms with Gasteiger partial charge in [0, 0.05) is 37.1 Å². The van der Waals surface area contributed by atoms with E-state index in [0.717, 1.165) is 23.4 Å². The van der Waals surface area contributed by atoms with Crippen molar-refractivity contribution in [2.24, 2.45) is 0 Å². The Morgan fingerprint density at radius 2 is 2.15 bits per heavy atom. The minimum atomic E-state index is 0.0763. The molecule has 0 saturated carbocycles. The van der Waals surface area contributed by atoms with Crippen molar-refractivity contribution in [3.05, 3.63) is 29.3 Å². The second-order valence-corrected chi connectivity index (χ2v) is 4.45. The number of nitrogens with zero attached hydrogens (tertiary/aromatic N) is 2. The highest BCUT2D eigenvalue weighted by molar-refractivity contribution is 5.44. The molecule has 0 unspecified atom stereocenters. The Kier molecular flexibility index (Phi) is 7.21. The van der Waals surface area contributed by atoms with E-state index in [0.29, 0.717) is 19.4 Å². The zero-order chi connectivity index (χ0) is 14.8. The van der Waals surface area contributed by atoms with E-state index in [1.54, 1.807) is 7.11 Å². The summed E-state index contributed by atoms with van der Waals surface area (Å²) in [5, 5.41) is 17.3.